The monoisotopic (exact) mass is 376 g/mol. The Labute approximate surface area is 173 Å². The van der Waals surface area contributed by atoms with Crippen molar-refractivity contribution in [2.45, 2.75) is 20.8 Å². The zero-order chi connectivity index (χ0) is 20.0. The quantitative estimate of drug-likeness (QED) is 0.324. The second kappa shape index (κ2) is 6.67. The second-order valence-corrected chi connectivity index (χ2v) is 8.34. The molecule has 1 nitrogen and oxygen atoms in total. The van der Waals surface area contributed by atoms with E-state index in [0.717, 1.165) is 0 Å². The van der Waals surface area contributed by atoms with E-state index in [1.807, 2.05) is 0 Å². The third-order valence-electron chi connectivity index (χ3n) is 6.35. The van der Waals surface area contributed by atoms with Crippen LogP contribution < -0.4 is 10.9 Å². The van der Waals surface area contributed by atoms with Crippen LogP contribution in [0.5, 0.6) is 0 Å². The normalized spacial score (nSPS) is 14.5. The summed E-state index contributed by atoms with van der Waals surface area (Å²) < 4.78 is 3.54. The summed E-state index contributed by atoms with van der Waals surface area (Å²) in [7, 11) is 0. The molecule has 0 radical (unpaired) electrons. The predicted octanol–water partition coefficient (Wildman–Crippen LogP) is 5.59. The standard InChI is InChI=1S/C27H25BO/c1-20-6-12-23(13-7-20)27-19-26-5-4-18-29(26)28(27,24-14-8-21(2)9-15-24)25-16-10-22(3)11-17-25/h4-19H,1-3H3. The van der Waals surface area contributed by atoms with Crippen LogP contribution in [0.1, 0.15) is 28.0 Å². The summed E-state index contributed by atoms with van der Waals surface area (Å²) in [6.45, 7) is 6.44. The Morgan fingerprint density at radius 2 is 1.07 bits per heavy atom. The Morgan fingerprint density at radius 3 is 1.59 bits per heavy atom. The third kappa shape index (κ3) is 2.71. The summed E-state index contributed by atoms with van der Waals surface area (Å²) in [4.78, 5) is 0. The lowest BCUT2D eigenvalue weighted by atomic mass is 9.27. The highest BCUT2D eigenvalue weighted by atomic mass is 16.5. The molecule has 142 valence electrons. The lowest BCUT2D eigenvalue weighted by Gasteiger charge is -2.39. The van der Waals surface area contributed by atoms with E-state index < -0.39 is 6.35 Å². The molecule has 0 N–H and O–H groups in total. The molecule has 1 aliphatic heterocycles. The van der Waals surface area contributed by atoms with E-state index in [0.29, 0.717) is 0 Å². The summed E-state index contributed by atoms with van der Waals surface area (Å²) in [5, 5.41) is 0. The van der Waals surface area contributed by atoms with E-state index in [9.17, 15) is 0 Å². The summed E-state index contributed by atoms with van der Waals surface area (Å²) in [6, 6.07) is 31.3. The Bertz CT molecular complexity index is 1150. The van der Waals surface area contributed by atoms with Crippen LogP contribution in [-0.2, 0) is 0 Å². The predicted molar refractivity (Wildman–Crippen MR) is 125 cm³/mol. The molecule has 0 amide bonds. The molecule has 2 heteroatoms. The highest BCUT2D eigenvalue weighted by Gasteiger charge is 2.49. The van der Waals surface area contributed by atoms with E-state index >= 15 is 0 Å². The van der Waals surface area contributed by atoms with Crippen LogP contribution in [0.3, 0.4) is 0 Å². The molecule has 0 unspecified atom stereocenters. The molecule has 5 rings (SSSR count). The summed E-state index contributed by atoms with van der Waals surface area (Å²) in [6.07, 6.45) is 3.13. The van der Waals surface area contributed by atoms with E-state index in [-0.39, 0.29) is 0 Å². The van der Waals surface area contributed by atoms with Crippen LogP contribution >= 0.6 is 0 Å². The number of hydrogen-bond acceptors (Lipinski definition) is 0. The van der Waals surface area contributed by atoms with Gasteiger partial charge < -0.3 is 3.96 Å². The number of fused-ring (bicyclic) bond motifs is 1. The van der Waals surface area contributed by atoms with Crippen LogP contribution in [0, 0.1) is 20.8 Å². The molecule has 0 saturated heterocycles. The average molecular weight is 376 g/mol. The molecule has 0 spiro atoms. The van der Waals surface area contributed by atoms with Gasteiger partial charge in [-0.05, 0) is 20.8 Å². The lowest BCUT2D eigenvalue weighted by molar-refractivity contribution is 0.377. The molecule has 0 bridgehead atoms. The molecule has 1 aromatic heterocycles. The number of hydrogen-bond donors (Lipinski definition) is 0. The van der Waals surface area contributed by atoms with Crippen LogP contribution in [0.4, 0.5) is 0 Å². The number of benzene rings is 3. The van der Waals surface area contributed by atoms with Gasteiger partial charge in [-0.3, -0.25) is 0 Å². The van der Waals surface area contributed by atoms with Gasteiger partial charge in [0.2, 0.25) is 0 Å². The highest BCUT2D eigenvalue weighted by Crippen LogP contribution is 2.41. The van der Waals surface area contributed by atoms with Gasteiger partial charge in [0, 0.05) is 18.2 Å². The van der Waals surface area contributed by atoms with E-state index in [4.69, 9.17) is 0 Å². The minimum Gasteiger partial charge on any atom is -0.777 e. The van der Waals surface area contributed by atoms with Crippen molar-refractivity contribution in [3.63, 3.8) is 0 Å². The van der Waals surface area contributed by atoms with Crippen molar-refractivity contribution >= 4 is 28.8 Å². The zero-order valence-corrected chi connectivity index (χ0v) is 17.2. The van der Waals surface area contributed by atoms with Crippen LogP contribution in [0.25, 0.3) is 11.5 Å². The molecular formula is C27H25BO. The van der Waals surface area contributed by atoms with Gasteiger partial charge in [-0.2, -0.15) is 0 Å². The largest absolute Gasteiger partial charge is 0.777 e. The maximum Gasteiger partial charge on any atom is 0.420 e. The molecule has 4 aromatic rings. The number of furan rings is 1. The number of rotatable bonds is 3. The first-order valence-corrected chi connectivity index (χ1v) is 10.3. The third-order valence-corrected chi connectivity index (χ3v) is 6.35. The van der Waals surface area contributed by atoms with Gasteiger partial charge in [0.05, 0.1) is 0 Å². The summed E-state index contributed by atoms with van der Waals surface area (Å²) in [5.41, 5.74) is 9.08. The fraction of sp³-hybridized carbons (Fsp3) is 0.111. The molecule has 0 aliphatic carbocycles. The Hall–Kier alpha value is -3.26. The van der Waals surface area contributed by atoms with Gasteiger partial charge in [-0.25, -0.2) is 0 Å². The fourth-order valence-corrected chi connectivity index (χ4v) is 4.81. The van der Waals surface area contributed by atoms with Crippen LogP contribution in [-0.4, -0.2) is 6.35 Å². The van der Waals surface area contributed by atoms with E-state index in [2.05, 4.69) is 122 Å². The van der Waals surface area contributed by atoms with Crippen molar-refractivity contribution in [3.8, 4) is 0 Å². The highest BCUT2D eigenvalue weighted by molar-refractivity contribution is 7.12. The molecule has 0 atom stereocenters. The van der Waals surface area contributed by atoms with Gasteiger partial charge in [0.1, 0.15) is 0 Å². The van der Waals surface area contributed by atoms with Gasteiger partial charge in [-0.15, -0.1) is 10.9 Å². The van der Waals surface area contributed by atoms with Crippen LogP contribution in [0.15, 0.2) is 95.2 Å². The molecule has 1 aliphatic rings. The van der Waals surface area contributed by atoms with Crippen LogP contribution in [0.2, 0.25) is 0 Å². The van der Waals surface area contributed by atoms with Gasteiger partial charge in [-0.1, -0.05) is 101 Å². The smallest absolute Gasteiger partial charge is 0.420 e. The van der Waals surface area contributed by atoms with Crippen molar-refractivity contribution in [1.29, 1.82) is 0 Å². The Balaban J connectivity index is 1.86. The van der Waals surface area contributed by atoms with Gasteiger partial charge in [0.25, 0.3) is 0 Å². The van der Waals surface area contributed by atoms with Crippen molar-refractivity contribution < 1.29 is 3.96 Å². The van der Waals surface area contributed by atoms with Gasteiger partial charge in [0.15, 0.2) is 12.0 Å². The SMILES string of the molecule is Cc1ccc(C2=Cc3ccc[o+]3[B-]2(c2ccc(C)cc2)c2ccc(C)cc2)cc1. The molecule has 0 saturated carbocycles. The molecule has 0 fully saturated rings. The second-order valence-electron chi connectivity index (χ2n) is 8.34. The fourth-order valence-electron chi connectivity index (χ4n) is 4.81. The number of aryl methyl sites for hydroxylation is 3. The Kier molecular flexibility index (Phi) is 4.10. The first kappa shape index (κ1) is 17.8. The zero-order valence-electron chi connectivity index (χ0n) is 17.2. The summed E-state index contributed by atoms with van der Waals surface area (Å²) >= 11 is 0. The molecule has 3 aromatic carbocycles. The average Bonchev–Trinajstić information content (AvgIpc) is 3.31. The molecule has 2 heterocycles. The van der Waals surface area contributed by atoms with E-state index in [1.165, 1.54) is 44.4 Å². The van der Waals surface area contributed by atoms with Crippen molar-refractivity contribution in [3.05, 3.63) is 119 Å². The topological polar surface area (TPSA) is 2.70 Å². The molecule has 29 heavy (non-hydrogen) atoms. The minimum atomic E-state index is -1.38. The minimum absolute atomic E-state index is 1.18. The van der Waals surface area contributed by atoms with Gasteiger partial charge >= 0.3 is 6.35 Å². The van der Waals surface area contributed by atoms with Crippen molar-refractivity contribution in [1.82, 2.24) is 0 Å². The first-order valence-electron chi connectivity index (χ1n) is 10.3. The first-order chi connectivity index (χ1) is 14.1. The Morgan fingerprint density at radius 1 is 0.586 bits per heavy atom. The molecular weight excluding hydrogens is 351 g/mol. The maximum atomic E-state index is 3.54. The van der Waals surface area contributed by atoms with Crippen molar-refractivity contribution in [2.75, 3.05) is 0 Å². The lowest BCUT2D eigenvalue weighted by Crippen LogP contribution is -2.59. The van der Waals surface area contributed by atoms with Crippen molar-refractivity contribution in [2.24, 2.45) is 0 Å². The summed E-state index contributed by atoms with van der Waals surface area (Å²) in [5.74, 6) is 1.18. The maximum absolute atomic E-state index is 3.54. The van der Waals surface area contributed by atoms with E-state index in [1.54, 1.807) is 0 Å².